The van der Waals surface area contributed by atoms with E-state index in [0.717, 1.165) is 12.0 Å². The fourth-order valence-electron chi connectivity index (χ4n) is 1.44. The first-order valence-corrected chi connectivity index (χ1v) is 4.65. The predicted molar refractivity (Wildman–Crippen MR) is 50.6 cm³/mol. The molecule has 1 aliphatic heterocycles. The number of aromatic nitrogens is 1. The molecule has 14 heavy (non-hydrogen) atoms. The smallest absolute Gasteiger partial charge is 0.271 e. The molecule has 1 saturated heterocycles. The summed E-state index contributed by atoms with van der Waals surface area (Å²) in [4.78, 5) is 21.0. The zero-order valence-electron chi connectivity index (χ0n) is 8.06. The lowest BCUT2D eigenvalue weighted by molar-refractivity contribution is -0.0772. The number of amides is 1. The Morgan fingerprint density at radius 2 is 2.50 bits per heavy atom. The van der Waals surface area contributed by atoms with Crippen molar-refractivity contribution in [1.29, 1.82) is 0 Å². The van der Waals surface area contributed by atoms with E-state index in [-0.39, 0.29) is 5.91 Å². The van der Waals surface area contributed by atoms with Crippen LogP contribution in [0.5, 0.6) is 0 Å². The van der Waals surface area contributed by atoms with Gasteiger partial charge in [-0.2, -0.15) is 0 Å². The number of hydroxylamine groups is 2. The second kappa shape index (κ2) is 3.75. The van der Waals surface area contributed by atoms with Crippen molar-refractivity contribution < 1.29 is 9.63 Å². The zero-order chi connectivity index (χ0) is 9.97. The Kier molecular flexibility index (Phi) is 2.45. The van der Waals surface area contributed by atoms with Gasteiger partial charge in [0.1, 0.15) is 5.69 Å². The van der Waals surface area contributed by atoms with Gasteiger partial charge in [-0.05, 0) is 25.0 Å². The maximum atomic E-state index is 11.8. The van der Waals surface area contributed by atoms with Gasteiger partial charge in [0.05, 0.1) is 13.2 Å². The third-order valence-electron chi connectivity index (χ3n) is 2.19. The van der Waals surface area contributed by atoms with Crippen molar-refractivity contribution in [3.05, 3.63) is 29.6 Å². The van der Waals surface area contributed by atoms with Gasteiger partial charge in [-0.1, -0.05) is 6.07 Å². The number of rotatable bonds is 1. The lowest BCUT2D eigenvalue weighted by Gasteiger charge is -2.13. The van der Waals surface area contributed by atoms with Crippen molar-refractivity contribution in [2.75, 3.05) is 13.2 Å². The minimum absolute atomic E-state index is 0.138. The van der Waals surface area contributed by atoms with Gasteiger partial charge in [0.25, 0.3) is 5.91 Å². The minimum Gasteiger partial charge on any atom is -0.271 e. The molecule has 1 aliphatic rings. The standard InChI is InChI=1S/C10H12N2O2/c1-8-4-2-5-11-9(8)10(13)12-6-3-7-14-12/h2,4-5H,3,6-7H2,1H3. The van der Waals surface area contributed by atoms with Gasteiger partial charge in [0, 0.05) is 6.20 Å². The van der Waals surface area contributed by atoms with Gasteiger partial charge in [-0.3, -0.25) is 14.6 Å². The Labute approximate surface area is 82.5 Å². The van der Waals surface area contributed by atoms with E-state index in [2.05, 4.69) is 4.98 Å². The summed E-state index contributed by atoms with van der Waals surface area (Å²) in [7, 11) is 0. The van der Waals surface area contributed by atoms with Crippen LogP contribution < -0.4 is 0 Å². The zero-order valence-corrected chi connectivity index (χ0v) is 8.06. The van der Waals surface area contributed by atoms with Crippen molar-refractivity contribution in [3.63, 3.8) is 0 Å². The summed E-state index contributed by atoms with van der Waals surface area (Å²) in [6.45, 7) is 3.16. The van der Waals surface area contributed by atoms with Crippen molar-refractivity contribution in [1.82, 2.24) is 10.0 Å². The van der Waals surface area contributed by atoms with Crippen molar-refractivity contribution >= 4 is 5.91 Å². The first-order chi connectivity index (χ1) is 6.79. The van der Waals surface area contributed by atoms with Crippen LogP contribution in [0.3, 0.4) is 0 Å². The van der Waals surface area contributed by atoms with Crippen LogP contribution in [0.15, 0.2) is 18.3 Å². The molecule has 0 N–H and O–H groups in total. The van der Waals surface area contributed by atoms with E-state index in [1.54, 1.807) is 6.20 Å². The van der Waals surface area contributed by atoms with Crippen molar-refractivity contribution in [2.45, 2.75) is 13.3 Å². The molecule has 1 aromatic heterocycles. The summed E-state index contributed by atoms with van der Waals surface area (Å²) in [6, 6.07) is 3.69. The van der Waals surface area contributed by atoms with E-state index < -0.39 is 0 Å². The summed E-state index contributed by atoms with van der Waals surface area (Å²) in [6.07, 6.45) is 2.52. The third-order valence-corrected chi connectivity index (χ3v) is 2.19. The molecule has 4 nitrogen and oxygen atoms in total. The molecule has 0 radical (unpaired) electrons. The minimum atomic E-state index is -0.138. The topological polar surface area (TPSA) is 42.4 Å². The molecule has 1 aromatic rings. The number of carbonyl (C=O) groups is 1. The maximum absolute atomic E-state index is 11.8. The van der Waals surface area contributed by atoms with Crippen LogP contribution in [0.2, 0.25) is 0 Å². The largest absolute Gasteiger partial charge is 0.296 e. The van der Waals surface area contributed by atoms with E-state index in [1.807, 2.05) is 19.1 Å². The molecule has 4 heteroatoms. The summed E-state index contributed by atoms with van der Waals surface area (Å²) in [5.74, 6) is -0.138. The van der Waals surface area contributed by atoms with Crippen LogP contribution in [-0.4, -0.2) is 29.1 Å². The molecule has 0 bridgehead atoms. The molecule has 2 heterocycles. The highest BCUT2D eigenvalue weighted by Crippen LogP contribution is 2.11. The van der Waals surface area contributed by atoms with Gasteiger partial charge in [0.2, 0.25) is 0 Å². The Morgan fingerprint density at radius 1 is 1.64 bits per heavy atom. The fourth-order valence-corrected chi connectivity index (χ4v) is 1.44. The van der Waals surface area contributed by atoms with Crippen LogP contribution in [-0.2, 0) is 4.84 Å². The average Bonchev–Trinajstić information content (AvgIpc) is 2.70. The Bertz CT molecular complexity index is 346. The van der Waals surface area contributed by atoms with Crippen molar-refractivity contribution in [3.8, 4) is 0 Å². The summed E-state index contributed by atoms with van der Waals surface area (Å²) >= 11 is 0. The highest BCUT2D eigenvalue weighted by molar-refractivity contribution is 5.92. The van der Waals surface area contributed by atoms with Crippen LogP contribution >= 0.6 is 0 Å². The highest BCUT2D eigenvalue weighted by Gasteiger charge is 2.22. The molecule has 0 aromatic carbocycles. The molecular weight excluding hydrogens is 180 g/mol. The molecule has 0 unspecified atom stereocenters. The Balaban J connectivity index is 2.22. The van der Waals surface area contributed by atoms with Gasteiger partial charge in [-0.15, -0.1) is 0 Å². The summed E-state index contributed by atoms with van der Waals surface area (Å²) in [5.41, 5.74) is 1.36. The number of hydrogen-bond donors (Lipinski definition) is 0. The third kappa shape index (κ3) is 1.61. The molecule has 0 saturated carbocycles. The van der Waals surface area contributed by atoms with E-state index in [4.69, 9.17) is 4.84 Å². The molecule has 0 aliphatic carbocycles. The lowest BCUT2D eigenvalue weighted by Crippen LogP contribution is -2.27. The van der Waals surface area contributed by atoms with E-state index in [1.165, 1.54) is 5.06 Å². The highest BCUT2D eigenvalue weighted by atomic mass is 16.7. The lowest BCUT2D eigenvalue weighted by atomic mass is 10.2. The number of carbonyl (C=O) groups excluding carboxylic acids is 1. The predicted octanol–water partition coefficient (Wildman–Crippen LogP) is 1.17. The average molecular weight is 192 g/mol. The van der Waals surface area contributed by atoms with E-state index in [9.17, 15) is 4.79 Å². The second-order valence-electron chi connectivity index (χ2n) is 3.26. The maximum Gasteiger partial charge on any atom is 0.296 e. The fraction of sp³-hybridized carbons (Fsp3) is 0.400. The van der Waals surface area contributed by atoms with Gasteiger partial charge >= 0.3 is 0 Å². The normalized spacial score (nSPS) is 15.9. The summed E-state index contributed by atoms with van der Waals surface area (Å²) in [5, 5.41) is 1.38. The first-order valence-electron chi connectivity index (χ1n) is 4.65. The molecule has 2 rings (SSSR count). The first kappa shape index (κ1) is 9.15. The Hall–Kier alpha value is -1.42. The quantitative estimate of drug-likeness (QED) is 0.670. The molecular formula is C10H12N2O2. The molecule has 1 fully saturated rings. The van der Waals surface area contributed by atoms with Gasteiger partial charge in [0.15, 0.2) is 0 Å². The van der Waals surface area contributed by atoms with Crippen LogP contribution in [0.25, 0.3) is 0 Å². The van der Waals surface area contributed by atoms with Crippen LogP contribution in [0.1, 0.15) is 22.5 Å². The second-order valence-corrected chi connectivity index (χ2v) is 3.26. The number of hydrogen-bond acceptors (Lipinski definition) is 3. The summed E-state index contributed by atoms with van der Waals surface area (Å²) < 4.78 is 0. The molecule has 0 atom stereocenters. The molecule has 74 valence electrons. The molecule has 1 amide bonds. The van der Waals surface area contributed by atoms with Gasteiger partial charge < -0.3 is 0 Å². The van der Waals surface area contributed by atoms with E-state index in [0.29, 0.717) is 18.8 Å². The van der Waals surface area contributed by atoms with Gasteiger partial charge in [-0.25, -0.2) is 5.06 Å². The number of nitrogens with zero attached hydrogens (tertiary/aromatic N) is 2. The van der Waals surface area contributed by atoms with Crippen LogP contribution in [0, 0.1) is 6.92 Å². The molecule has 0 spiro atoms. The van der Waals surface area contributed by atoms with Crippen molar-refractivity contribution in [2.24, 2.45) is 0 Å². The van der Waals surface area contributed by atoms with Crippen LogP contribution in [0.4, 0.5) is 0 Å². The Morgan fingerprint density at radius 3 is 3.14 bits per heavy atom. The van der Waals surface area contributed by atoms with E-state index >= 15 is 0 Å². The number of aryl methyl sites for hydroxylation is 1. The SMILES string of the molecule is Cc1cccnc1C(=O)N1CCCO1. The number of pyridine rings is 1. The monoisotopic (exact) mass is 192 g/mol.